The topological polar surface area (TPSA) is 0 Å². The number of hydrogen-bond donors (Lipinski definition) is 0. The number of aryl methyl sites for hydroxylation is 2. The zero-order valence-corrected chi connectivity index (χ0v) is 9.32. The maximum atomic E-state index is 3.51. The summed E-state index contributed by atoms with van der Waals surface area (Å²) in [5, 5.41) is 0.976. The standard InChI is InChI=1S/C11H15Br/c1-3-9-5-6-10(4-2)11(7-9)8-12/h5-7H,3-4,8H2,1-2H3. The highest BCUT2D eigenvalue weighted by molar-refractivity contribution is 9.08. The van der Waals surface area contributed by atoms with Crippen molar-refractivity contribution in [1.82, 2.24) is 0 Å². The van der Waals surface area contributed by atoms with Crippen LogP contribution in [0, 0.1) is 0 Å². The lowest BCUT2D eigenvalue weighted by Crippen LogP contribution is -1.91. The van der Waals surface area contributed by atoms with Gasteiger partial charge in [0.15, 0.2) is 0 Å². The van der Waals surface area contributed by atoms with Crippen LogP contribution in [0.5, 0.6) is 0 Å². The van der Waals surface area contributed by atoms with Crippen LogP contribution in [0.4, 0.5) is 0 Å². The van der Waals surface area contributed by atoms with Gasteiger partial charge in [-0.25, -0.2) is 0 Å². The minimum atomic E-state index is 0.976. The fourth-order valence-electron chi connectivity index (χ4n) is 1.37. The van der Waals surface area contributed by atoms with E-state index in [1.54, 1.807) is 0 Å². The van der Waals surface area contributed by atoms with Gasteiger partial charge in [0, 0.05) is 5.33 Å². The van der Waals surface area contributed by atoms with E-state index >= 15 is 0 Å². The zero-order valence-electron chi connectivity index (χ0n) is 7.73. The number of benzene rings is 1. The van der Waals surface area contributed by atoms with E-state index in [4.69, 9.17) is 0 Å². The van der Waals surface area contributed by atoms with Crippen LogP contribution in [0.1, 0.15) is 30.5 Å². The predicted octanol–water partition coefficient (Wildman–Crippen LogP) is 3.71. The van der Waals surface area contributed by atoms with Crippen LogP contribution < -0.4 is 0 Å². The van der Waals surface area contributed by atoms with E-state index in [-0.39, 0.29) is 0 Å². The van der Waals surface area contributed by atoms with E-state index in [0.29, 0.717) is 0 Å². The van der Waals surface area contributed by atoms with Gasteiger partial charge in [-0.15, -0.1) is 0 Å². The Balaban J connectivity index is 3.02. The van der Waals surface area contributed by atoms with Crippen molar-refractivity contribution in [2.24, 2.45) is 0 Å². The first kappa shape index (κ1) is 9.79. The van der Waals surface area contributed by atoms with Crippen LogP contribution >= 0.6 is 15.9 Å². The van der Waals surface area contributed by atoms with Crippen LogP contribution in [0.2, 0.25) is 0 Å². The van der Waals surface area contributed by atoms with Crippen molar-refractivity contribution < 1.29 is 0 Å². The van der Waals surface area contributed by atoms with Crippen LogP contribution in [0.25, 0.3) is 0 Å². The van der Waals surface area contributed by atoms with Gasteiger partial charge in [0.05, 0.1) is 0 Å². The Hall–Kier alpha value is -0.300. The van der Waals surface area contributed by atoms with Crippen molar-refractivity contribution in [3.05, 3.63) is 34.9 Å². The zero-order chi connectivity index (χ0) is 8.97. The first-order valence-electron chi connectivity index (χ1n) is 4.48. The van der Waals surface area contributed by atoms with Gasteiger partial charge >= 0.3 is 0 Å². The van der Waals surface area contributed by atoms with E-state index in [1.165, 1.54) is 16.7 Å². The summed E-state index contributed by atoms with van der Waals surface area (Å²) in [5.41, 5.74) is 4.34. The third-order valence-electron chi connectivity index (χ3n) is 2.20. The summed E-state index contributed by atoms with van der Waals surface area (Å²) in [6, 6.07) is 6.77. The summed E-state index contributed by atoms with van der Waals surface area (Å²) >= 11 is 3.51. The number of alkyl halides is 1. The van der Waals surface area contributed by atoms with E-state index in [2.05, 4.69) is 48.0 Å². The lowest BCUT2D eigenvalue weighted by molar-refractivity contribution is 1.07. The Morgan fingerprint density at radius 1 is 1.08 bits per heavy atom. The largest absolute Gasteiger partial charge is 0.0876 e. The Kier molecular flexibility index (Phi) is 3.80. The van der Waals surface area contributed by atoms with Crippen molar-refractivity contribution in [3.63, 3.8) is 0 Å². The molecule has 66 valence electrons. The molecule has 0 bridgehead atoms. The van der Waals surface area contributed by atoms with Gasteiger partial charge in [-0.1, -0.05) is 48.0 Å². The van der Waals surface area contributed by atoms with Crippen LogP contribution in [-0.2, 0) is 18.2 Å². The average molecular weight is 227 g/mol. The molecule has 0 saturated heterocycles. The van der Waals surface area contributed by atoms with E-state index < -0.39 is 0 Å². The van der Waals surface area contributed by atoms with E-state index in [0.717, 1.165) is 18.2 Å². The van der Waals surface area contributed by atoms with Gasteiger partial charge in [-0.3, -0.25) is 0 Å². The smallest absolute Gasteiger partial charge is 0.0285 e. The Morgan fingerprint density at radius 3 is 2.33 bits per heavy atom. The second-order valence-corrected chi connectivity index (χ2v) is 3.50. The molecule has 0 spiro atoms. The van der Waals surface area contributed by atoms with Gasteiger partial charge in [0.25, 0.3) is 0 Å². The van der Waals surface area contributed by atoms with Crippen LogP contribution in [0.3, 0.4) is 0 Å². The Bertz CT molecular complexity index is 253. The summed E-state index contributed by atoms with van der Waals surface area (Å²) in [6.45, 7) is 4.39. The molecule has 0 nitrogen and oxygen atoms in total. The molecule has 0 amide bonds. The average Bonchev–Trinajstić information content (AvgIpc) is 2.16. The van der Waals surface area contributed by atoms with Gasteiger partial charge in [-0.05, 0) is 29.5 Å². The molecule has 12 heavy (non-hydrogen) atoms. The van der Waals surface area contributed by atoms with Gasteiger partial charge in [0.2, 0.25) is 0 Å². The second kappa shape index (κ2) is 4.66. The van der Waals surface area contributed by atoms with Gasteiger partial charge < -0.3 is 0 Å². The SMILES string of the molecule is CCc1ccc(CC)c(CBr)c1. The Morgan fingerprint density at radius 2 is 1.83 bits per heavy atom. The lowest BCUT2D eigenvalue weighted by Gasteiger charge is -2.06. The normalized spacial score (nSPS) is 10.2. The molecule has 0 saturated carbocycles. The second-order valence-electron chi connectivity index (χ2n) is 2.94. The van der Waals surface area contributed by atoms with Crippen molar-refractivity contribution in [2.75, 3.05) is 0 Å². The molecule has 0 aromatic heterocycles. The summed E-state index contributed by atoms with van der Waals surface area (Å²) in [6.07, 6.45) is 2.26. The summed E-state index contributed by atoms with van der Waals surface area (Å²) < 4.78 is 0. The fourth-order valence-corrected chi connectivity index (χ4v) is 1.89. The van der Waals surface area contributed by atoms with Crippen molar-refractivity contribution in [3.8, 4) is 0 Å². The molecular weight excluding hydrogens is 212 g/mol. The molecule has 0 atom stereocenters. The van der Waals surface area contributed by atoms with Crippen molar-refractivity contribution in [1.29, 1.82) is 0 Å². The highest BCUT2D eigenvalue weighted by atomic mass is 79.9. The first-order valence-corrected chi connectivity index (χ1v) is 5.60. The molecule has 0 aliphatic carbocycles. The molecule has 1 aromatic carbocycles. The highest BCUT2D eigenvalue weighted by Gasteiger charge is 1.99. The molecule has 0 radical (unpaired) electrons. The maximum Gasteiger partial charge on any atom is 0.0285 e. The third-order valence-corrected chi connectivity index (χ3v) is 2.81. The quantitative estimate of drug-likeness (QED) is 0.690. The number of rotatable bonds is 3. The molecule has 1 heteroatoms. The van der Waals surface area contributed by atoms with Crippen molar-refractivity contribution in [2.45, 2.75) is 32.0 Å². The molecule has 0 unspecified atom stereocenters. The molecular formula is C11H15Br. The molecule has 0 aliphatic heterocycles. The monoisotopic (exact) mass is 226 g/mol. The number of halogens is 1. The lowest BCUT2D eigenvalue weighted by atomic mass is 10.0. The minimum absolute atomic E-state index is 0.976. The highest BCUT2D eigenvalue weighted by Crippen LogP contribution is 2.16. The number of hydrogen-bond acceptors (Lipinski definition) is 0. The Labute approximate surface area is 83.1 Å². The van der Waals surface area contributed by atoms with Crippen molar-refractivity contribution >= 4 is 15.9 Å². The molecule has 0 aliphatic rings. The predicted molar refractivity (Wildman–Crippen MR) is 57.8 cm³/mol. The molecule has 1 aromatic rings. The van der Waals surface area contributed by atoms with E-state index in [9.17, 15) is 0 Å². The van der Waals surface area contributed by atoms with Gasteiger partial charge in [-0.2, -0.15) is 0 Å². The van der Waals surface area contributed by atoms with Crippen LogP contribution in [0.15, 0.2) is 18.2 Å². The molecule has 1 rings (SSSR count). The molecule has 0 heterocycles. The summed E-state index contributed by atoms with van der Waals surface area (Å²) in [7, 11) is 0. The summed E-state index contributed by atoms with van der Waals surface area (Å²) in [4.78, 5) is 0. The summed E-state index contributed by atoms with van der Waals surface area (Å²) in [5.74, 6) is 0. The fraction of sp³-hybridized carbons (Fsp3) is 0.455. The molecule has 0 fully saturated rings. The third kappa shape index (κ3) is 2.10. The van der Waals surface area contributed by atoms with E-state index in [1.807, 2.05) is 0 Å². The molecule has 0 N–H and O–H groups in total. The van der Waals surface area contributed by atoms with Crippen LogP contribution in [-0.4, -0.2) is 0 Å². The minimum Gasteiger partial charge on any atom is -0.0876 e. The first-order chi connectivity index (χ1) is 5.81. The van der Waals surface area contributed by atoms with Gasteiger partial charge in [0.1, 0.15) is 0 Å². The maximum absolute atomic E-state index is 3.51.